The van der Waals surface area contributed by atoms with Gasteiger partial charge in [-0.1, -0.05) is 24.1 Å². The van der Waals surface area contributed by atoms with Gasteiger partial charge in [0.25, 0.3) is 0 Å². The van der Waals surface area contributed by atoms with E-state index in [0.29, 0.717) is 0 Å². The highest BCUT2D eigenvalue weighted by atomic mass is 35.5. The third kappa shape index (κ3) is 6.12. The number of ether oxygens (including phenoxy) is 1. The average Bonchev–Trinajstić information content (AvgIpc) is 2.82. The molecule has 0 amide bonds. The topological polar surface area (TPSA) is 38.2 Å². The molecule has 3 aromatic rings. The van der Waals surface area contributed by atoms with E-state index in [1.807, 2.05) is 36.2 Å². The second-order valence-electron chi connectivity index (χ2n) is 8.16. The van der Waals surface area contributed by atoms with Crippen molar-refractivity contribution in [2.75, 3.05) is 32.5 Å². The van der Waals surface area contributed by atoms with Gasteiger partial charge >= 0.3 is 0 Å². The van der Waals surface area contributed by atoms with E-state index < -0.39 is 0 Å². The van der Waals surface area contributed by atoms with Crippen molar-refractivity contribution in [3.8, 4) is 5.75 Å². The Labute approximate surface area is 194 Å². The number of nitrogens with zero attached hydrogens (tertiary/aromatic N) is 3. The van der Waals surface area contributed by atoms with Crippen LogP contribution in [0.1, 0.15) is 31.2 Å². The van der Waals surface area contributed by atoms with Gasteiger partial charge in [-0.3, -0.25) is 4.98 Å². The molecule has 3 heterocycles. The monoisotopic (exact) mass is 455 g/mol. The summed E-state index contributed by atoms with van der Waals surface area (Å²) >= 11 is 8.37. The van der Waals surface area contributed by atoms with Crippen LogP contribution in [0.25, 0.3) is 10.9 Å². The van der Waals surface area contributed by atoms with Crippen LogP contribution in [0.2, 0.25) is 5.02 Å². The van der Waals surface area contributed by atoms with E-state index in [0.717, 1.165) is 57.8 Å². The summed E-state index contributed by atoms with van der Waals surface area (Å²) in [7, 11) is 1.70. The summed E-state index contributed by atoms with van der Waals surface area (Å²) in [6, 6.07) is 12.1. The highest BCUT2D eigenvalue weighted by Gasteiger charge is 2.19. The van der Waals surface area contributed by atoms with Gasteiger partial charge in [0, 0.05) is 30.1 Å². The van der Waals surface area contributed by atoms with Crippen LogP contribution in [0.5, 0.6) is 5.75 Å². The number of rotatable bonds is 9. The molecule has 4 rings (SSSR count). The van der Waals surface area contributed by atoms with Crippen LogP contribution >= 0.6 is 23.4 Å². The second kappa shape index (κ2) is 11.2. The number of halogens is 1. The van der Waals surface area contributed by atoms with E-state index in [1.54, 1.807) is 13.3 Å². The van der Waals surface area contributed by atoms with Gasteiger partial charge in [-0.2, -0.15) is 0 Å². The van der Waals surface area contributed by atoms with Crippen molar-refractivity contribution in [1.29, 1.82) is 0 Å². The predicted molar refractivity (Wildman–Crippen MR) is 130 cm³/mol. The summed E-state index contributed by atoms with van der Waals surface area (Å²) in [4.78, 5) is 11.5. The first-order valence-corrected chi connectivity index (χ1v) is 12.5. The highest BCUT2D eigenvalue weighted by Crippen LogP contribution is 2.30. The number of benzene rings is 1. The smallest absolute Gasteiger partial charge is 0.119 e. The Balaban J connectivity index is 1.22. The number of aryl methyl sites for hydroxylation is 1. The molecule has 6 heteroatoms. The molecular formula is C25H30ClN3OS. The Hall–Kier alpha value is -1.82. The highest BCUT2D eigenvalue weighted by molar-refractivity contribution is 7.99. The minimum atomic E-state index is 0.765. The van der Waals surface area contributed by atoms with Crippen molar-refractivity contribution in [1.82, 2.24) is 14.9 Å². The Kier molecular flexibility index (Phi) is 8.06. The number of pyridine rings is 2. The predicted octanol–water partition coefficient (Wildman–Crippen LogP) is 6.12. The van der Waals surface area contributed by atoms with Crippen LogP contribution in [0, 0.1) is 5.92 Å². The average molecular weight is 456 g/mol. The molecule has 0 radical (unpaired) electrons. The quantitative estimate of drug-likeness (QED) is 0.363. The first kappa shape index (κ1) is 22.4. The summed E-state index contributed by atoms with van der Waals surface area (Å²) in [6.45, 7) is 3.57. The first-order chi connectivity index (χ1) is 15.2. The molecule has 0 saturated carbocycles. The van der Waals surface area contributed by atoms with E-state index in [2.05, 4.69) is 33.1 Å². The zero-order chi connectivity index (χ0) is 21.5. The molecule has 0 atom stereocenters. The third-order valence-electron chi connectivity index (χ3n) is 6.18. The zero-order valence-corrected chi connectivity index (χ0v) is 19.7. The number of methoxy groups -OCH3 is 1. The van der Waals surface area contributed by atoms with Gasteiger partial charge in [0.1, 0.15) is 5.75 Å². The van der Waals surface area contributed by atoms with Crippen LogP contribution < -0.4 is 4.74 Å². The van der Waals surface area contributed by atoms with E-state index in [9.17, 15) is 0 Å². The molecule has 0 spiro atoms. The van der Waals surface area contributed by atoms with Gasteiger partial charge in [-0.15, -0.1) is 11.8 Å². The van der Waals surface area contributed by atoms with Crippen molar-refractivity contribution >= 4 is 34.3 Å². The normalized spacial score (nSPS) is 15.4. The Bertz CT molecular complexity index is 977. The van der Waals surface area contributed by atoms with Crippen LogP contribution in [0.15, 0.2) is 53.8 Å². The van der Waals surface area contributed by atoms with Gasteiger partial charge in [-0.25, -0.2) is 4.98 Å². The van der Waals surface area contributed by atoms with Gasteiger partial charge in [0.05, 0.1) is 22.7 Å². The fraction of sp³-hybridized carbons (Fsp3) is 0.440. The molecule has 1 saturated heterocycles. The van der Waals surface area contributed by atoms with Crippen LogP contribution in [-0.2, 0) is 6.42 Å². The summed E-state index contributed by atoms with van der Waals surface area (Å²) in [5.41, 5.74) is 2.19. The molecule has 0 aliphatic carbocycles. The summed E-state index contributed by atoms with van der Waals surface area (Å²) in [6.07, 6.45) is 9.67. The van der Waals surface area contributed by atoms with Gasteiger partial charge in [-0.05, 0) is 80.6 Å². The number of hydrogen-bond donors (Lipinski definition) is 0. The van der Waals surface area contributed by atoms with E-state index in [4.69, 9.17) is 16.3 Å². The lowest BCUT2D eigenvalue weighted by atomic mass is 9.90. The SMILES string of the molecule is COc1ccc2ncc(Cl)c(CCCC3CCN(CCSc4ccccn4)CC3)c2c1. The minimum Gasteiger partial charge on any atom is -0.497 e. The van der Waals surface area contributed by atoms with Crippen LogP contribution in [-0.4, -0.2) is 47.4 Å². The molecule has 1 aliphatic heterocycles. The lowest BCUT2D eigenvalue weighted by Gasteiger charge is -2.31. The second-order valence-corrected chi connectivity index (χ2v) is 9.68. The molecule has 1 aliphatic rings. The fourth-order valence-electron chi connectivity index (χ4n) is 4.36. The number of thioether (sulfide) groups is 1. The standard InChI is InChI=1S/C25H30ClN3OS/c1-30-20-8-9-24-22(17-20)21(23(26)18-28-24)6-4-5-19-10-13-29(14-11-19)15-16-31-25-7-2-3-12-27-25/h2-3,7-9,12,17-19H,4-6,10-11,13-16H2,1H3. The molecule has 164 valence electrons. The Morgan fingerprint density at radius 2 is 2.03 bits per heavy atom. The molecule has 0 bridgehead atoms. The number of piperidine rings is 1. The van der Waals surface area contributed by atoms with Crippen molar-refractivity contribution in [3.05, 3.63) is 59.4 Å². The summed E-state index contributed by atoms with van der Waals surface area (Å²) in [5, 5.41) is 3.00. The van der Waals surface area contributed by atoms with Crippen LogP contribution in [0.3, 0.4) is 0 Å². The van der Waals surface area contributed by atoms with Crippen LogP contribution in [0.4, 0.5) is 0 Å². The Morgan fingerprint density at radius 1 is 1.16 bits per heavy atom. The van der Waals surface area contributed by atoms with Gasteiger partial charge in [0.15, 0.2) is 0 Å². The number of fused-ring (bicyclic) bond motifs is 1. The summed E-state index contributed by atoms with van der Waals surface area (Å²) in [5.74, 6) is 2.78. The minimum absolute atomic E-state index is 0.765. The van der Waals surface area contributed by atoms with E-state index in [-0.39, 0.29) is 0 Å². The fourth-order valence-corrected chi connectivity index (χ4v) is 5.48. The van der Waals surface area contributed by atoms with Gasteiger partial charge in [0.2, 0.25) is 0 Å². The largest absolute Gasteiger partial charge is 0.497 e. The first-order valence-electron chi connectivity index (χ1n) is 11.1. The molecule has 0 unspecified atom stereocenters. The van der Waals surface area contributed by atoms with E-state index in [1.165, 1.54) is 37.9 Å². The lowest BCUT2D eigenvalue weighted by Crippen LogP contribution is -2.35. The number of hydrogen-bond acceptors (Lipinski definition) is 5. The maximum atomic E-state index is 6.52. The molecule has 1 aromatic carbocycles. The molecule has 1 fully saturated rings. The van der Waals surface area contributed by atoms with Crippen molar-refractivity contribution in [3.63, 3.8) is 0 Å². The van der Waals surface area contributed by atoms with Crippen molar-refractivity contribution in [2.24, 2.45) is 5.92 Å². The molecule has 4 nitrogen and oxygen atoms in total. The van der Waals surface area contributed by atoms with Crippen molar-refractivity contribution < 1.29 is 4.74 Å². The molecule has 2 aromatic heterocycles. The van der Waals surface area contributed by atoms with Crippen molar-refractivity contribution in [2.45, 2.75) is 37.1 Å². The summed E-state index contributed by atoms with van der Waals surface area (Å²) < 4.78 is 5.40. The molecule has 31 heavy (non-hydrogen) atoms. The lowest BCUT2D eigenvalue weighted by molar-refractivity contribution is 0.186. The maximum Gasteiger partial charge on any atom is 0.119 e. The van der Waals surface area contributed by atoms with Gasteiger partial charge < -0.3 is 9.64 Å². The van der Waals surface area contributed by atoms with E-state index >= 15 is 0 Å². The molecule has 0 N–H and O–H groups in total. The maximum absolute atomic E-state index is 6.52. The Morgan fingerprint density at radius 3 is 2.81 bits per heavy atom. The number of aromatic nitrogens is 2. The number of likely N-dealkylation sites (tertiary alicyclic amines) is 1. The molecular weight excluding hydrogens is 426 g/mol. The zero-order valence-electron chi connectivity index (χ0n) is 18.1. The third-order valence-corrected chi connectivity index (χ3v) is 7.43.